The molecular weight excluding hydrogens is 476 g/mol. The Kier molecular flexibility index (Phi) is 5.84. The van der Waals surface area contributed by atoms with Crippen molar-refractivity contribution in [3.63, 3.8) is 0 Å². The molecule has 172 valence electrons. The second-order valence-electron chi connectivity index (χ2n) is 7.82. The van der Waals surface area contributed by atoms with E-state index < -0.39 is 0 Å². The van der Waals surface area contributed by atoms with Crippen LogP contribution in [0.2, 0.25) is 5.02 Å². The minimum atomic E-state index is -0.318. The molecule has 1 aliphatic rings. The molecule has 11 heteroatoms. The standard InChI is InChI=1S/C23H19ClN6O3S/c1-13(31)26-15-4-6-16(7-5-15)27-20(32)10-18-12-34-23-28-21-19(22(33)29(18)23)11-25-30(21)17-8-2-14(24)3-9-17/h2-9,11,18H,10,12H2,1H3,(H,26,31)(H,27,32). The number of aromatic nitrogens is 4. The third-order valence-electron chi connectivity index (χ3n) is 5.35. The first-order valence-electron chi connectivity index (χ1n) is 10.5. The van der Waals surface area contributed by atoms with E-state index in [1.807, 2.05) is 12.1 Å². The van der Waals surface area contributed by atoms with Gasteiger partial charge in [-0.2, -0.15) is 5.10 Å². The first-order chi connectivity index (χ1) is 16.4. The molecule has 0 bridgehead atoms. The van der Waals surface area contributed by atoms with Crippen LogP contribution in [0.1, 0.15) is 19.4 Å². The van der Waals surface area contributed by atoms with Crippen LogP contribution in [0.4, 0.5) is 11.4 Å². The van der Waals surface area contributed by atoms with Gasteiger partial charge in [0.05, 0.1) is 17.9 Å². The van der Waals surface area contributed by atoms with Crippen molar-refractivity contribution in [2.45, 2.75) is 24.5 Å². The zero-order valence-electron chi connectivity index (χ0n) is 18.0. The third-order valence-corrected chi connectivity index (χ3v) is 6.70. The van der Waals surface area contributed by atoms with Crippen molar-refractivity contribution in [1.29, 1.82) is 0 Å². The van der Waals surface area contributed by atoms with Crippen LogP contribution < -0.4 is 16.2 Å². The summed E-state index contributed by atoms with van der Waals surface area (Å²) in [5, 5.41) is 11.4. The van der Waals surface area contributed by atoms with E-state index in [0.29, 0.717) is 38.3 Å². The number of fused-ring (bicyclic) bond motifs is 2. The fraction of sp³-hybridized carbons (Fsp3) is 0.174. The van der Waals surface area contributed by atoms with Gasteiger partial charge in [-0.1, -0.05) is 23.4 Å². The van der Waals surface area contributed by atoms with Gasteiger partial charge >= 0.3 is 0 Å². The Morgan fingerprint density at radius 3 is 2.44 bits per heavy atom. The van der Waals surface area contributed by atoms with E-state index in [1.165, 1.54) is 24.9 Å². The maximum absolute atomic E-state index is 13.3. The van der Waals surface area contributed by atoms with E-state index in [9.17, 15) is 14.4 Å². The minimum absolute atomic E-state index is 0.131. The predicted molar refractivity (Wildman–Crippen MR) is 132 cm³/mol. The lowest BCUT2D eigenvalue weighted by Gasteiger charge is -2.14. The largest absolute Gasteiger partial charge is 0.326 e. The van der Waals surface area contributed by atoms with Crippen LogP contribution in [-0.4, -0.2) is 36.9 Å². The highest BCUT2D eigenvalue weighted by Crippen LogP contribution is 2.33. The van der Waals surface area contributed by atoms with Crippen molar-refractivity contribution in [3.8, 4) is 5.69 Å². The number of benzene rings is 2. The van der Waals surface area contributed by atoms with Crippen molar-refractivity contribution in [2.75, 3.05) is 16.4 Å². The monoisotopic (exact) mass is 494 g/mol. The van der Waals surface area contributed by atoms with Crippen molar-refractivity contribution in [3.05, 3.63) is 70.1 Å². The van der Waals surface area contributed by atoms with Crippen LogP contribution in [-0.2, 0) is 9.59 Å². The molecule has 9 nitrogen and oxygen atoms in total. The van der Waals surface area contributed by atoms with Crippen LogP contribution in [0.25, 0.3) is 16.7 Å². The number of hydrogen-bond donors (Lipinski definition) is 2. The maximum atomic E-state index is 13.3. The Bertz CT molecular complexity index is 1460. The van der Waals surface area contributed by atoms with Crippen LogP contribution in [0.5, 0.6) is 0 Å². The maximum Gasteiger partial charge on any atom is 0.265 e. The fourth-order valence-corrected chi connectivity index (χ4v) is 5.07. The molecule has 34 heavy (non-hydrogen) atoms. The van der Waals surface area contributed by atoms with Gasteiger partial charge < -0.3 is 10.6 Å². The lowest BCUT2D eigenvalue weighted by molar-refractivity contribution is -0.117. The van der Waals surface area contributed by atoms with E-state index in [1.54, 1.807) is 45.6 Å². The van der Waals surface area contributed by atoms with E-state index in [-0.39, 0.29) is 29.8 Å². The Morgan fingerprint density at radius 1 is 1.09 bits per heavy atom. The number of carbonyl (C=O) groups excluding carboxylic acids is 2. The molecule has 0 radical (unpaired) electrons. The highest BCUT2D eigenvalue weighted by Gasteiger charge is 2.29. The fourth-order valence-electron chi connectivity index (χ4n) is 3.82. The molecule has 3 heterocycles. The molecule has 5 rings (SSSR count). The van der Waals surface area contributed by atoms with E-state index in [4.69, 9.17) is 11.6 Å². The molecule has 0 saturated heterocycles. The average molecular weight is 495 g/mol. The smallest absolute Gasteiger partial charge is 0.265 e. The Morgan fingerprint density at radius 2 is 1.76 bits per heavy atom. The molecule has 2 amide bonds. The van der Waals surface area contributed by atoms with Crippen molar-refractivity contribution in [1.82, 2.24) is 19.3 Å². The summed E-state index contributed by atoms with van der Waals surface area (Å²) in [6.45, 7) is 1.43. The summed E-state index contributed by atoms with van der Waals surface area (Å²) in [5.74, 6) is 0.189. The lowest BCUT2D eigenvalue weighted by Crippen LogP contribution is -2.27. The van der Waals surface area contributed by atoms with Gasteiger partial charge in [0, 0.05) is 35.5 Å². The molecule has 2 aromatic heterocycles. The van der Waals surface area contributed by atoms with Gasteiger partial charge in [-0.05, 0) is 48.5 Å². The number of nitrogens with one attached hydrogen (secondary N) is 2. The molecule has 0 saturated carbocycles. The Labute approximate surface area is 203 Å². The van der Waals surface area contributed by atoms with Gasteiger partial charge in [0.2, 0.25) is 11.8 Å². The van der Waals surface area contributed by atoms with Crippen LogP contribution in [0.3, 0.4) is 0 Å². The van der Waals surface area contributed by atoms with Gasteiger partial charge in [-0.25, -0.2) is 9.67 Å². The zero-order chi connectivity index (χ0) is 23.8. The van der Waals surface area contributed by atoms with Crippen molar-refractivity contribution in [2.24, 2.45) is 0 Å². The summed E-state index contributed by atoms with van der Waals surface area (Å²) in [5.41, 5.74) is 2.25. The molecule has 0 aliphatic carbocycles. The van der Waals surface area contributed by atoms with Crippen LogP contribution in [0, 0.1) is 0 Å². The molecule has 0 spiro atoms. The molecular formula is C23H19ClN6O3S. The molecule has 2 N–H and O–H groups in total. The lowest BCUT2D eigenvalue weighted by atomic mass is 10.2. The second kappa shape index (κ2) is 8.96. The highest BCUT2D eigenvalue weighted by atomic mass is 35.5. The number of nitrogens with zero attached hydrogens (tertiary/aromatic N) is 4. The molecule has 1 unspecified atom stereocenters. The summed E-state index contributed by atoms with van der Waals surface area (Å²) >= 11 is 7.42. The van der Waals surface area contributed by atoms with Crippen molar-refractivity contribution < 1.29 is 9.59 Å². The average Bonchev–Trinajstić information content (AvgIpc) is 3.40. The summed E-state index contributed by atoms with van der Waals surface area (Å²) in [6, 6.07) is 13.6. The summed E-state index contributed by atoms with van der Waals surface area (Å²) in [6.07, 6.45) is 1.63. The SMILES string of the molecule is CC(=O)Nc1ccc(NC(=O)CC2CSc3nc4c(cnn4-c4ccc(Cl)cc4)c(=O)n32)cc1. The summed E-state index contributed by atoms with van der Waals surface area (Å²) in [4.78, 5) is 41.8. The number of anilines is 2. The highest BCUT2D eigenvalue weighted by molar-refractivity contribution is 7.99. The summed E-state index contributed by atoms with van der Waals surface area (Å²) < 4.78 is 3.19. The van der Waals surface area contributed by atoms with E-state index >= 15 is 0 Å². The molecule has 2 aromatic carbocycles. The topological polar surface area (TPSA) is 111 Å². The summed E-state index contributed by atoms with van der Waals surface area (Å²) in [7, 11) is 0. The van der Waals surface area contributed by atoms with Gasteiger partial charge in [-0.15, -0.1) is 0 Å². The van der Waals surface area contributed by atoms with Gasteiger partial charge in [0.25, 0.3) is 5.56 Å². The number of carbonyl (C=O) groups is 2. The number of amides is 2. The Hall–Kier alpha value is -3.63. The van der Waals surface area contributed by atoms with Gasteiger partial charge in [0.1, 0.15) is 5.39 Å². The normalized spacial score (nSPS) is 14.7. The Balaban J connectivity index is 1.36. The number of halogens is 1. The zero-order valence-corrected chi connectivity index (χ0v) is 19.6. The van der Waals surface area contributed by atoms with Gasteiger partial charge in [-0.3, -0.25) is 19.0 Å². The van der Waals surface area contributed by atoms with E-state index in [0.717, 1.165) is 5.69 Å². The van der Waals surface area contributed by atoms with E-state index in [2.05, 4.69) is 20.7 Å². The predicted octanol–water partition coefficient (Wildman–Crippen LogP) is 3.87. The quantitative estimate of drug-likeness (QED) is 0.407. The molecule has 4 aromatic rings. The molecule has 1 atom stereocenters. The molecule has 0 fully saturated rings. The molecule has 1 aliphatic heterocycles. The minimum Gasteiger partial charge on any atom is -0.326 e. The second-order valence-corrected chi connectivity index (χ2v) is 9.24. The number of hydrogen-bond acceptors (Lipinski definition) is 6. The first kappa shape index (κ1) is 22.2. The van der Waals surface area contributed by atoms with Crippen molar-refractivity contribution >= 4 is 57.6 Å². The van der Waals surface area contributed by atoms with Gasteiger partial charge in [0.15, 0.2) is 10.8 Å². The number of rotatable bonds is 5. The third kappa shape index (κ3) is 4.29. The number of thioether (sulfide) groups is 1. The van der Waals surface area contributed by atoms with Crippen LogP contribution >= 0.6 is 23.4 Å². The van der Waals surface area contributed by atoms with Crippen LogP contribution in [0.15, 0.2) is 64.7 Å². The first-order valence-corrected chi connectivity index (χ1v) is 11.8.